The van der Waals surface area contributed by atoms with Crippen LogP contribution in [0.25, 0.3) is 5.69 Å². The molecule has 0 aliphatic carbocycles. The number of hydrogen-bond donors (Lipinski definition) is 2. The Kier molecular flexibility index (Phi) is 5.88. The molecule has 0 bridgehead atoms. The molecule has 7 nitrogen and oxygen atoms in total. The molecule has 0 aliphatic heterocycles. The van der Waals surface area contributed by atoms with E-state index < -0.39 is 17.9 Å². The molecular weight excluding hydrogens is 351 g/mol. The van der Waals surface area contributed by atoms with Gasteiger partial charge in [0.2, 0.25) is 0 Å². The van der Waals surface area contributed by atoms with Crippen molar-refractivity contribution in [3.8, 4) is 5.69 Å². The minimum Gasteiger partial charge on any atom is -0.481 e. The van der Waals surface area contributed by atoms with Crippen molar-refractivity contribution < 1.29 is 19.1 Å². The number of carbonyl (C=O) groups is 2. The lowest BCUT2D eigenvalue weighted by Gasteiger charge is -2.20. The summed E-state index contributed by atoms with van der Waals surface area (Å²) in [5.41, 5.74) is 1.10. The van der Waals surface area contributed by atoms with Gasteiger partial charge in [-0.15, -0.1) is 0 Å². The average Bonchev–Trinajstić information content (AvgIpc) is 2.99. The van der Waals surface area contributed by atoms with E-state index in [2.05, 4.69) is 10.4 Å². The van der Waals surface area contributed by atoms with Crippen LogP contribution in [0.3, 0.4) is 0 Å². The summed E-state index contributed by atoms with van der Waals surface area (Å²) in [6, 6.07) is 7.09. The summed E-state index contributed by atoms with van der Waals surface area (Å²) in [7, 11) is 1.53. The Morgan fingerprint density at radius 1 is 1.30 bits per heavy atom. The van der Waals surface area contributed by atoms with Gasteiger partial charge in [0.1, 0.15) is 11.6 Å². The Hall–Kier alpha value is -2.90. The number of amides is 2. The monoisotopic (exact) mass is 376 g/mol. The molecule has 0 aliphatic rings. The SMILES string of the molecule is CC(CN(C)C(=O)Nc1cc(C(C)(C)C)nn1-c1ccc(F)cc1)C(=O)O. The summed E-state index contributed by atoms with van der Waals surface area (Å²) in [5.74, 6) is -1.60. The summed E-state index contributed by atoms with van der Waals surface area (Å²) in [6.45, 7) is 7.59. The van der Waals surface area contributed by atoms with Gasteiger partial charge in [0.05, 0.1) is 17.3 Å². The lowest BCUT2D eigenvalue weighted by molar-refractivity contribution is -0.141. The Morgan fingerprint density at radius 2 is 1.89 bits per heavy atom. The molecular formula is C19H25FN4O3. The minimum atomic E-state index is -0.971. The number of hydrogen-bond acceptors (Lipinski definition) is 3. The van der Waals surface area contributed by atoms with Crippen LogP contribution in [0.4, 0.5) is 15.0 Å². The van der Waals surface area contributed by atoms with E-state index in [-0.39, 0.29) is 17.8 Å². The third-order valence-electron chi connectivity index (χ3n) is 4.10. The van der Waals surface area contributed by atoms with E-state index in [1.807, 2.05) is 20.8 Å². The summed E-state index contributed by atoms with van der Waals surface area (Å²) < 4.78 is 14.8. The van der Waals surface area contributed by atoms with E-state index in [1.165, 1.54) is 35.7 Å². The van der Waals surface area contributed by atoms with E-state index >= 15 is 0 Å². The molecule has 2 rings (SSSR count). The van der Waals surface area contributed by atoms with Crippen molar-refractivity contribution in [3.63, 3.8) is 0 Å². The second-order valence-electron chi connectivity index (χ2n) is 7.60. The predicted molar refractivity (Wildman–Crippen MR) is 101 cm³/mol. The molecule has 0 saturated heterocycles. The zero-order chi connectivity index (χ0) is 20.4. The van der Waals surface area contributed by atoms with Gasteiger partial charge in [-0.25, -0.2) is 13.9 Å². The van der Waals surface area contributed by atoms with Crippen molar-refractivity contribution in [3.05, 3.63) is 41.8 Å². The molecule has 1 atom stereocenters. The molecule has 0 saturated carbocycles. The van der Waals surface area contributed by atoms with Crippen molar-refractivity contribution in [2.75, 3.05) is 18.9 Å². The van der Waals surface area contributed by atoms with Crippen molar-refractivity contribution in [2.24, 2.45) is 5.92 Å². The molecule has 2 aromatic rings. The number of urea groups is 1. The summed E-state index contributed by atoms with van der Waals surface area (Å²) >= 11 is 0. The molecule has 0 fully saturated rings. The normalized spacial score (nSPS) is 12.5. The minimum absolute atomic E-state index is 0.0674. The first-order valence-corrected chi connectivity index (χ1v) is 8.60. The molecule has 2 amide bonds. The van der Waals surface area contributed by atoms with Crippen LogP contribution in [0.15, 0.2) is 30.3 Å². The molecule has 1 unspecified atom stereocenters. The van der Waals surface area contributed by atoms with Crippen molar-refractivity contribution in [1.29, 1.82) is 0 Å². The second kappa shape index (κ2) is 7.77. The first kappa shape index (κ1) is 20.4. The van der Waals surface area contributed by atoms with Crippen LogP contribution < -0.4 is 5.32 Å². The Balaban J connectivity index is 2.31. The van der Waals surface area contributed by atoms with Crippen LogP contribution in [0.5, 0.6) is 0 Å². The van der Waals surface area contributed by atoms with Crippen molar-refractivity contribution in [2.45, 2.75) is 33.1 Å². The predicted octanol–water partition coefficient (Wildman–Crippen LogP) is 3.49. The van der Waals surface area contributed by atoms with E-state index in [4.69, 9.17) is 5.11 Å². The smallest absolute Gasteiger partial charge is 0.322 e. The van der Waals surface area contributed by atoms with E-state index in [9.17, 15) is 14.0 Å². The van der Waals surface area contributed by atoms with Crippen LogP contribution in [-0.4, -0.2) is 45.4 Å². The fourth-order valence-corrected chi connectivity index (χ4v) is 2.39. The maximum absolute atomic E-state index is 13.2. The Bertz CT molecular complexity index is 824. The third kappa shape index (κ3) is 5.06. The van der Waals surface area contributed by atoms with Gasteiger partial charge >= 0.3 is 12.0 Å². The summed E-state index contributed by atoms with van der Waals surface area (Å²) in [5, 5.41) is 16.3. The number of benzene rings is 1. The van der Waals surface area contributed by atoms with Gasteiger partial charge < -0.3 is 10.0 Å². The van der Waals surface area contributed by atoms with Crippen LogP contribution in [0.2, 0.25) is 0 Å². The van der Waals surface area contributed by atoms with E-state index in [1.54, 1.807) is 18.2 Å². The number of carboxylic acid groups (broad SMARTS) is 1. The fourth-order valence-electron chi connectivity index (χ4n) is 2.39. The van der Waals surface area contributed by atoms with Crippen molar-refractivity contribution in [1.82, 2.24) is 14.7 Å². The molecule has 0 radical (unpaired) electrons. The molecule has 1 heterocycles. The zero-order valence-electron chi connectivity index (χ0n) is 16.2. The first-order chi connectivity index (χ1) is 12.5. The fraction of sp³-hybridized carbons (Fsp3) is 0.421. The molecule has 1 aromatic heterocycles. The highest BCUT2D eigenvalue weighted by Gasteiger charge is 2.23. The maximum Gasteiger partial charge on any atom is 0.322 e. The highest BCUT2D eigenvalue weighted by atomic mass is 19.1. The highest BCUT2D eigenvalue weighted by molar-refractivity contribution is 5.89. The largest absolute Gasteiger partial charge is 0.481 e. The first-order valence-electron chi connectivity index (χ1n) is 8.60. The average molecular weight is 376 g/mol. The number of nitrogens with one attached hydrogen (secondary N) is 1. The molecule has 146 valence electrons. The number of nitrogens with zero attached hydrogens (tertiary/aromatic N) is 3. The number of aromatic nitrogens is 2. The lowest BCUT2D eigenvalue weighted by Crippen LogP contribution is -2.37. The van der Waals surface area contributed by atoms with Crippen LogP contribution in [-0.2, 0) is 10.2 Å². The van der Waals surface area contributed by atoms with Crippen molar-refractivity contribution >= 4 is 17.8 Å². The van der Waals surface area contributed by atoms with Gasteiger partial charge in [0, 0.05) is 25.1 Å². The van der Waals surface area contributed by atoms with E-state index in [0.717, 1.165) is 5.69 Å². The van der Waals surface area contributed by atoms with Gasteiger partial charge in [-0.2, -0.15) is 5.10 Å². The summed E-state index contributed by atoms with van der Waals surface area (Å²) in [4.78, 5) is 24.8. The molecule has 8 heteroatoms. The zero-order valence-corrected chi connectivity index (χ0v) is 16.2. The maximum atomic E-state index is 13.2. The second-order valence-corrected chi connectivity index (χ2v) is 7.60. The van der Waals surface area contributed by atoms with Gasteiger partial charge in [-0.05, 0) is 24.3 Å². The molecule has 2 N–H and O–H groups in total. The Labute approximate surface area is 157 Å². The third-order valence-corrected chi connectivity index (χ3v) is 4.10. The number of carbonyl (C=O) groups excluding carboxylic acids is 1. The number of carboxylic acids is 1. The quantitative estimate of drug-likeness (QED) is 0.836. The Morgan fingerprint density at radius 3 is 2.41 bits per heavy atom. The number of anilines is 1. The van der Waals surface area contributed by atoms with Gasteiger partial charge in [0.25, 0.3) is 0 Å². The number of halogens is 1. The van der Waals surface area contributed by atoms with Gasteiger partial charge in [-0.1, -0.05) is 27.7 Å². The molecule has 1 aromatic carbocycles. The van der Waals surface area contributed by atoms with Gasteiger partial charge in [-0.3, -0.25) is 10.1 Å². The molecule has 0 spiro atoms. The van der Waals surface area contributed by atoms with E-state index in [0.29, 0.717) is 11.5 Å². The molecule has 27 heavy (non-hydrogen) atoms. The van der Waals surface area contributed by atoms with Crippen LogP contribution in [0.1, 0.15) is 33.4 Å². The topological polar surface area (TPSA) is 87.5 Å². The number of aliphatic carboxylic acids is 1. The number of rotatable bonds is 5. The standard InChI is InChI=1S/C19H25FN4O3/c1-12(17(25)26)11-23(5)18(27)21-16-10-15(19(2,3)4)22-24(16)14-8-6-13(20)7-9-14/h6-10,12H,11H2,1-5H3,(H,21,27)(H,25,26). The summed E-state index contributed by atoms with van der Waals surface area (Å²) in [6.07, 6.45) is 0. The van der Waals surface area contributed by atoms with Crippen LogP contribution >= 0.6 is 0 Å². The highest BCUT2D eigenvalue weighted by Crippen LogP contribution is 2.26. The van der Waals surface area contributed by atoms with Crippen LogP contribution in [0, 0.1) is 11.7 Å². The lowest BCUT2D eigenvalue weighted by atomic mass is 9.92. The van der Waals surface area contributed by atoms with Gasteiger partial charge in [0.15, 0.2) is 0 Å².